The van der Waals surface area contributed by atoms with Gasteiger partial charge in [-0.1, -0.05) is 30.3 Å². The van der Waals surface area contributed by atoms with Crippen LogP contribution in [-0.2, 0) is 6.54 Å². The molecule has 4 rings (SSSR count). The third kappa shape index (κ3) is 2.42. The van der Waals surface area contributed by atoms with Crippen molar-refractivity contribution < 1.29 is 9.52 Å². The van der Waals surface area contributed by atoms with Crippen LogP contribution < -0.4 is 5.56 Å². The molecular weight excluding hydrogens is 318 g/mol. The fourth-order valence-corrected chi connectivity index (χ4v) is 3.13. The second-order valence-corrected chi connectivity index (χ2v) is 5.99. The molecule has 3 heterocycles. The first-order valence-electron chi connectivity index (χ1n) is 8.07. The smallest absolute Gasteiger partial charge is 0.297 e. The summed E-state index contributed by atoms with van der Waals surface area (Å²) < 4.78 is 7.19. The van der Waals surface area contributed by atoms with E-state index in [2.05, 4.69) is 9.97 Å². The maximum Gasteiger partial charge on any atom is 0.297 e. The quantitative estimate of drug-likeness (QED) is 0.622. The van der Waals surface area contributed by atoms with Crippen LogP contribution in [0.5, 0.6) is 0 Å². The number of hydrogen-bond donors (Lipinski definition) is 1. The summed E-state index contributed by atoms with van der Waals surface area (Å²) >= 11 is 0. The van der Waals surface area contributed by atoms with Crippen molar-refractivity contribution >= 4 is 22.2 Å². The van der Waals surface area contributed by atoms with Gasteiger partial charge >= 0.3 is 0 Å². The molecule has 0 saturated heterocycles. The fraction of sp³-hybridized carbons (Fsp3) is 0.211. The van der Waals surface area contributed by atoms with E-state index >= 15 is 0 Å². The van der Waals surface area contributed by atoms with Gasteiger partial charge in [0, 0.05) is 5.56 Å². The van der Waals surface area contributed by atoms with Crippen molar-refractivity contribution in [2.45, 2.75) is 20.4 Å². The summed E-state index contributed by atoms with van der Waals surface area (Å²) in [5.41, 5.74) is 3.53. The summed E-state index contributed by atoms with van der Waals surface area (Å²) in [4.78, 5) is 21.8. The van der Waals surface area contributed by atoms with Gasteiger partial charge < -0.3 is 9.52 Å². The van der Waals surface area contributed by atoms with Crippen molar-refractivity contribution in [1.82, 2.24) is 14.5 Å². The second-order valence-electron chi connectivity index (χ2n) is 5.99. The Bertz CT molecular complexity index is 1140. The highest BCUT2D eigenvalue weighted by Crippen LogP contribution is 2.30. The number of hydrogen-bond acceptors (Lipinski definition) is 5. The topological polar surface area (TPSA) is 81.2 Å². The van der Waals surface area contributed by atoms with Gasteiger partial charge in [0.2, 0.25) is 11.3 Å². The lowest BCUT2D eigenvalue weighted by molar-refractivity contribution is 0.272. The molecule has 0 radical (unpaired) electrons. The zero-order chi connectivity index (χ0) is 17.6. The van der Waals surface area contributed by atoms with Crippen molar-refractivity contribution in [1.29, 1.82) is 0 Å². The normalized spacial score (nSPS) is 11.5. The third-order valence-electron chi connectivity index (χ3n) is 4.33. The van der Waals surface area contributed by atoms with Crippen LogP contribution in [0.4, 0.5) is 0 Å². The highest BCUT2D eigenvalue weighted by atomic mass is 16.3. The number of fused-ring (bicyclic) bond motifs is 3. The van der Waals surface area contributed by atoms with E-state index in [0.717, 1.165) is 22.2 Å². The van der Waals surface area contributed by atoms with E-state index in [1.807, 2.05) is 43.3 Å². The molecule has 0 fully saturated rings. The van der Waals surface area contributed by atoms with Crippen LogP contribution in [0.15, 0.2) is 45.6 Å². The van der Waals surface area contributed by atoms with Gasteiger partial charge in [0.05, 0.1) is 24.2 Å². The number of nitrogens with zero attached hydrogens (tertiary/aromatic N) is 3. The number of pyridine rings is 1. The van der Waals surface area contributed by atoms with Crippen LogP contribution in [-0.4, -0.2) is 26.2 Å². The van der Waals surface area contributed by atoms with Gasteiger partial charge in [-0.25, -0.2) is 9.97 Å². The number of aliphatic hydroxyl groups is 1. The number of aliphatic hydroxyl groups excluding tert-OH is 1. The molecule has 4 aromatic rings. The third-order valence-corrected chi connectivity index (χ3v) is 4.33. The summed E-state index contributed by atoms with van der Waals surface area (Å²) in [7, 11) is 0. The van der Waals surface area contributed by atoms with Crippen LogP contribution in [0.3, 0.4) is 0 Å². The lowest BCUT2D eigenvalue weighted by atomic mass is 10.1. The molecule has 0 aliphatic carbocycles. The summed E-state index contributed by atoms with van der Waals surface area (Å²) in [6, 6.07) is 11.8. The highest BCUT2D eigenvalue weighted by Gasteiger charge is 2.19. The first-order valence-corrected chi connectivity index (χ1v) is 8.07. The Balaban J connectivity index is 2.04. The number of aromatic nitrogens is 3. The molecule has 1 aromatic carbocycles. The van der Waals surface area contributed by atoms with Gasteiger partial charge in [0.1, 0.15) is 11.3 Å². The number of furan rings is 1. The average molecular weight is 335 g/mol. The van der Waals surface area contributed by atoms with E-state index in [-0.39, 0.29) is 24.3 Å². The van der Waals surface area contributed by atoms with E-state index in [9.17, 15) is 4.79 Å². The largest absolute Gasteiger partial charge is 0.430 e. The number of rotatable bonds is 3. The Morgan fingerprint density at radius 1 is 1.16 bits per heavy atom. The summed E-state index contributed by atoms with van der Waals surface area (Å²) in [6.07, 6.45) is 0. The zero-order valence-corrected chi connectivity index (χ0v) is 14.0. The van der Waals surface area contributed by atoms with E-state index < -0.39 is 0 Å². The van der Waals surface area contributed by atoms with E-state index in [0.29, 0.717) is 17.1 Å². The highest BCUT2D eigenvalue weighted by molar-refractivity contribution is 6.03. The molecule has 1 N–H and O–H groups in total. The minimum Gasteiger partial charge on any atom is -0.430 e. The molecular formula is C19H17N3O3. The number of aryl methyl sites for hydroxylation is 2. The Morgan fingerprint density at radius 3 is 2.64 bits per heavy atom. The zero-order valence-electron chi connectivity index (χ0n) is 14.0. The molecule has 6 nitrogen and oxygen atoms in total. The first-order chi connectivity index (χ1) is 12.1. The van der Waals surface area contributed by atoms with Crippen LogP contribution >= 0.6 is 0 Å². The lowest BCUT2D eigenvalue weighted by Crippen LogP contribution is -2.24. The van der Waals surface area contributed by atoms with Crippen LogP contribution in [0.1, 0.15) is 11.4 Å². The summed E-state index contributed by atoms with van der Waals surface area (Å²) in [5, 5.41) is 9.91. The van der Waals surface area contributed by atoms with Crippen molar-refractivity contribution in [3.05, 3.63) is 58.1 Å². The standard InChI is InChI=1S/C19H17N3O3/c1-11-10-14(13-6-4-3-5-7-13)21-18-15(11)16-17(25-18)19(24)22(8-9-23)12(2)20-16/h3-7,10,23H,8-9H2,1-2H3. The van der Waals surface area contributed by atoms with Crippen LogP contribution in [0, 0.1) is 13.8 Å². The van der Waals surface area contributed by atoms with Crippen molar-refractivity contribution in [2.75, 3.05) is 6.61 Å². The van der Waals surface area contributed by atoms with E-state index in [1.54, 1.807) is 6.92 Å². The molecule has 6 heteroatoms. The van der Waals surface area contributed by atoms with Crippen LogP contribution in [0.2, 0.25) is 0 Å². The lowest BCUT2D eigenvalue weighted by Gasteiger charge is -2.06. The minimum atomic E-state index is -0.296. The van der Waals surface area contributed by atoms with Gasteiger partial charge in [-0.05, 0) is 25.5 Å². The monoisotopic (exact) mass is 335 g/mol. The van der Waals surface area contributed by atoms with Crippen molar-refractivity contribution in [3.8, 4) is 11.3 Å². The molecule has 0 spiro atoms. The molecule has 126 valence electrons. The molecule has 3 aromatic heterocycles. The van der Waals surface area contributed by atoms with E-state index in [1.165, 1.54) is 4.57 Å². The molecule has 0 aliphatic rings. The predicted octanol–water partition coefficient (Wildman–Crippen LogP) is 2.81. The van der Waals surface area contributed by atoms with Crippen molar-refractivity contribution in [3.63, 3.8) is 0 Å². The van der Waals surface area contributed by atoms with Gasteiger partial charge in [-0.15, -0.1) is 0 Å². The summed E-state index contributed by atoms with van der Waals surface area (Å²) in [6.45, 7) is 3.76. The Labute approximate surface area is 143 Å². The molecule has 0 atom stereocenters. The Hall–Kier alpha value is -2.99. The molecule has 0 aliphatic heterocycles. The predicted molar refractivity (Wildman–Crippen MR) is 95.6 cm³/mol. The molecule has 0 amide bonds. The number of benzene rings is 1. The van der Waals surface area contributed by atoms with Gasteiger partial charge in [0.25, 0.3) is 5.56 Å². The van der Waals surface area contributed by atoms with E-state index in [4.69, 9.17) is 9.52 Å². The van der Waals surface area contributed by atoms with Gasteiger partial charge in [-0.2, -0.15) is 0 Å². The first kappa shape index (κ1) is 15.5. The molecule has 25 heavy (non-hydrogen) atoms. The summed E-state index contributed by atoms with van der Waals surface area (Å²) in [5.74, 6) is 0.542. The molecule has 0 unspecified atom stereocenters. The van der Waals surface area contributed by atoms with Gasteiger partial charge in [-0.3, -0.25) is 9.36 Å². The Morgan fingerprint density at radius 2 is 1.92 bits per heavy atom. The van der Waals surface area contributed by atoms with Gasteiger partial charge in [0.15, 0.2) is 0 Å². The fourth-order valence-electron chi connectivity index (χ4n) is 3.13. The molecule has 0 saturated carbocycles. The van der Waals surface area contributed by atoms with Crippen LogP contribution in [0.25, 0.3) is 33.5 Å². The Kier molecular flexibility index (Phi) is 3.62. The molecule has 0 bridgehead atoms. The second kappa shape index (κ2) is 5.82. The maximum absolute atomic E-state index is 12.7. The average Bonchev–Trinajstić information content (AvgIpc) is 2.98. The SMILES string of the molecule is Cc1cc(-c2ccccc2)nc2oc3c(=O)n(CCO)c(C)nc3c12. The maximum atomic E-state index is 12.7. The minimum absolute atomic E-state index is 0.135. The van der Waals surface area contributed by atoms with Crippen molar-refractivity contribution in [2.24, 2.45) is 0 Å².